The van der Waals surface area contributed by atoms with Gasteiger partial charge < -0.3 is 5.32 Å². The molecule has 3 aromatic rings. The Morgan fingerprint density at radius 3 is 2.27 bits per heavy atom. The molecule has 3 rings (SSSR count). The van der Waals surface area contributed by atoms with Gasteiger partial charge >= 0.3 is 0 Å². The molecule has 4 nitrogen and oxygen atoms in total. The summed E-state index contributed by atoms with van der Waals surface area (Å²) in [7, 11) is 0. The zero-order valence-corrected chi connectivity index (χ0v) is 12.6. The van der Waals surface area contributed by atoms with Crippen LogP contribution in [-0.4, -0.2) is 14.9 Å². The molecule has 22 heavy (non-hydrogen) atoms. The molecular weight excluding hydrogens is 292 g/mol. The van der Waals surface area contributed by atoms with Crippen molar-refractivity contribution >= 4 is 23.0 Å². The number of anilines is 1. The maximum absolute atomic E-state index is 5.23. The monoisotopic (exact) mass is 306 g/mol. The lowest BCUT2D eigenvalue weighted by atomic mass is 10.3. The third kappa shape index (κ3) is 3.65. The Balaban J connectivity index is 1.76. The van der Waals surface area contributed by atoms with Crippen molar-refractivity contribution in [1.82, 2.24) is 9.78 Å². The first kappa shape index (κ1) is 14.2. The molecule has 0 atom stereocenters. The fourth-order valence-electron chi connectivity index (χ4n) is 1.94. The maximum atomic E-state index is 5.23. The molecule has 0 amide bonds. The fourth-order valence-corrected chi connectivity index (χ4v) is 2.16. The average Bonchev–Trinajstić information content (AvgIpc) is 2.57. The lowest BCUT2D eigenvalue weighted by Gasteiger charge is -2.04. The Kier molecular flexibility index (Phi) is 4.36. The predicted molar refractivity (Wildman–Crippen MR) is 91.8 cm³/mol. The van der Waals surface area contributed by atoms with Crippen molar-refractivity contribution in [3.8, 4) is 5.69 Å². The topological polar surface area (TPSA) is 42.2 Å². The standard InChI is InChI=1S/C17H14N4S/c22-17(19-14-7-3-1-4-8-14)20-15-11-12-21(18-13-15)16-9-5-2-6-10-16/h1-13H,(H,19,22). The van der Waals surface area contributed by atoms with Gasteiger partial charge in [-0.3, -0.25) is 0 Å². The van der Waals surface area contributed by atoms with Gasteiger partial charge in [-0.05, 0) is 42.5 Å². The molecule has 108 valence electrons. The van der Waals surface area contributed by atoms with Crippen LogP contribution in [0.1, 0.15) is 0 Å². The summed E-state index contributed by atoms with van der Waals surface area (Å²) in [6.45, 7) is 0. The van der Waals surface area contributed by atoms with Gasteiger partial charge in [0.1, 0.15) is 0 Å². The first-order valence-electron chi connectivity index (χ1n) is 6.82. The molecule has 0 spiro atoms. The fraction of sp³-hybridized carbons (Fsp3) is 0. The van der Waals surface area contributed by atoms with Crippen LogP contribution < -0.4 is 10.7 Å². The summed E-state index contributed by atoms with van der Waals surface area (Å²) in [6, 6.07) is 21.5. The molecule has 1 N–H and O–H groups in total. The van der Waals surface area contributed by atoms with Crippen LogP contribution in [0.2, 0.25) is 0 Å². The Bertz CT molecular complexity index is 806. The number of aromatic nitrogens is 2. The molecule has 0 bridgehead atoms. The predicted octanol–water partition coefficient (Wildman–Crippen LogP) is 3.17. The van der Waals surface area contributed by atoms with Gasteiger partial charge in [-0.1, -0.05) is 36.4 Å². The quantitative estimate of drug-likeness (QED) is 0.740. The summed E-state index contributed by atoms with van der Waals surface area (Å²) in [5, 5.41) is 8.53. The number of hydrogen-bond acceptors (Lipinski definition) is 2. The highest BCUT2D eigenvalue weighted by atomic mass is 32.1. The molecule has 0 saturated carbocycles. The average molecular weight is 306 g/mol. The number of rotatable bonds is 2. The van der Waals surface area contributed by atoms with Gasteiger partial charge in [0, 0.05) is 11.9 Å². The number of nitrogens with one attached hydrogen (secondary N) is 1. The second-order valence-electron chi connectivity index (χ2n) is 4.57. The summed E-state index contributed by atoms with van der Waals surface area (Å²) in [5.74, 6) is 0. The van der Waals surface area contributed by atoms with Gasteiger partial charge in [0.25, 0.3) is 0 Å². The minimum atomic E-state index is 0.408. The molecule has 1 heterocycles. The summed E-state index contributed by atoms with van der Waals surface area (Å²) in [4.78, 5) is 4.33. The van der Waals surface area contributed by atoms with Crippen LogP contribution in [0.15, 0.2) is 84.1 Å². The minimum absolute atomic E-state index is 0.408. The summed E-state index contributed by atoms with van der Waals surface area (Å²) in [5.41, 5.74) is 1.92. The van der Waals surface area contributed by atoms with E-state index in [1.165, 1.54) is 0 Å². The largest absolute Gasteiger partial charge is 0.331 e. The lowest BCUT2D eigenvalue weighted by molar-refractivity contribution is 0.833. The van der Waals surface area contributed by atoms with Crippen molar-refractivity contribution in [2.45, 2.75) is 0 Å². The van der Waals surface area contributed by atoms with E-state index in [1.54, 1.807) is 10.9 Å². The van der Waals surface area contributed by atoms with Gasteiger partial charge in [0.2, 0.25) is 0 Å². The van der Waals surface area contributed by atoms with Crippen LogP contribution in [0.3, 0.4) is 0 Å². The van der Waals surface area contributed by atoms with Crippen molar-refractivity contribution in [3.05, 3.63) is 84.5 Å². The van der Waals surface area contributed by atoms with E-state index in [2.05, 4.69) is 15.4 Å². The van der Waals surface area contributed by atoms with E-state index >= 15 is 0 Å². The second kappa shape index (κ2) is 6.78. The third-order valence-electron chi connectivity index (χ3n) is 2.98. The highest BCUT2D eigenvalue weighted by Gasteiger charge is 1.96. The van der Waals surface area contributed by atoms with Gasteiger partial charge in [-0.25, -0.2) is 9.67 Å². The van der Waals surface area contributed by atoms with Crippen LogP contribution in [0, 0.1) is 0 Å². The number of hydrogen-bond donors (Lipinski definition) is 1. The molecule has 5 heteroatoms. The van der Waals surface area contributed by atoms with E-state index in [-0.39, 0.29) is 0 Å². The van der Waals surface area contributed by atoms with Crippen LogP contribution >= 0.6 is 12.2 Å². The number of nitrogens with zero attached hydrogens (tertiary/aromatic N) is 3. The molecule has 0 fully saturated rings. The summed E-state index contributed by atoms with van der Waals surface area (Å²) in [6.07, 6.45) is 3.55. The number of benzene rings is 2. The van der Waals surface area contributed by atoms with Crippen molar-refractivity contribution in [2.24, 2.45) is 4.99 Å². The van der Waals surface area contributed by atoms with Crippen LogP contribution in [0.4, 0.5) is 5.69 Å². The van der Waals surface area contributed by atoms with Crippen LogP contribution in [0.25, 0.3) is 5.69 Å². The SMILES string of the molecule is S=C(N=c1ccn(-c2ccccc2)nc1)Nc1ccccc1. The van der Waals surface area contributed by atoms with Crippen molar-refractivity contribution in [1.29, 1.82) is 0 Å². The highest BCUT2D eigenvalue weighted by Crippen LogP contribution is 2.05. The zero-order chi connectivity index (χ0) is 15.2. The molecule has 0 aliphatic rings. The summed E-state index contributed by atoms with van der Waals surface area (Å²) >= 11 is 5.23. The van der Waals surface area contributed by atoms with Crippen molar-refractivity contribution in [3.63, 3.8) is 0 Å². The first-order valence-corrected chi connectivity index (χ1v) is 7.23. The Labute approximate surface area is 133 Å². The summed E-state index contributed by atoms with van der Waals surface area (Å²) < 4.78 is 1.78. The third-order valence-corrected chi connectivity index (χ3v) is 3.17. The molecule has 0 radical (unpaired) electrons. The molecule has 1 aromatic heterocycles. The highest BCUT2D eigenvalue weighted by molar-refractivity contribution is 7.80. The molecular formula is C17H14N4S. The minimum Gasteiger partial charge on any atom is -0.331 e. The molecule has 0 aliphatic carbocycles. The molecule has 2 aromatic carbocycles. The normalized spacial score (nSPS) is 11.2. The van der Waals surface area contributed by atoms with E-state index in [0.29, 0.717) is 10.5 Å². The van der Waals surface area contributed by atoms with Crippen molar-refractivity contribution in [2.75, 3.05) is 5.32 Å². The molecule has 0 saturated heterocycles. The van der Waals surface area contributed by atoms with Crippen LogP contribution in [-0.2, 0) is 0 Å². The maximum Gasteiger partial charge on any atom is 0.197 e. The smallest absolute Gasteiger partial charge is 0.197 e. The lowest BCUT2D eigenvalue weighted by Crippen LogP contribution is -2.14. The van der Waals surface area contributed by atoms with Crippen molar-refractivity contribution < 1.29 is 0 Å². The Morgan fingerprint density at radius 2 is 1.64 bits per heavy atom. The molecule has 0 aliphatic heterocycles. The number of thiocarbonyl (C=S) groups is 1. The van der Waals surface area contributed by atoms with E-state index in [0.717, 1.165) is 11.4 Å². The van der Waals surface area contributed by atoms with E-state index in [4.69, 9.17) is 12.2 Å². The van der Waals surface area contributed by atoms with Gasteiger partial charge in [-0.15, -0.1) is 0 Å². The number of para-hydroxylation sites is 2. The van der Waals surface area contributed by atoms with Gasteiger partial charge in [-0.2, -0.15) is 5.10 Å². The Morgan fingerprint density at radius 1 is 0.955 bits per heavy atom. The Hall–Kier alpha value is -2.79. The second-order valence-corrected chi connectivity index (χ2v) is 4.96. The molecule has 0 unspecified atom stereocenters. The van der Waals surface area contributed by atoms with Gasteiger partial charge in [0.15, 0.2) is 5.11 Å². The van der Waals surface area contributed by atoms with Crippen LogP contribution in [0.5, 0.6) is 0 Å². The first-order chi connectivity index (χ1) is 10.8. The van der Waals surface area contributed by atoms with E-state index in [9.17, 15) is 0 Å². The van der Waals surface area contributed by atoms with E-state index < -0.39 is 0 Å². The zero-order valence-electron chi connectivity index (χ0n) is 11.8. The van der Waals surface area contributed by atoms with Gasteiger partial charge in [0.05, 0.1) is 17.2 Å². The van der Waals surface area contributed by atoms with E-state index in [1.807, 2.05) is 72.9 Å².